The Morgan fingerprint density at radius 3 is 2.53 bits per heavy atom. The molecule has 0 saturated carbocycles. The Balaban J connectivity index is 0.000000686. The van der Waals surface area contributed by atoms with Crippen LogP contribution in [0, 0.1) is 0 Å². The minimum absolute atomic E-state index is 0.103. The minimum atomic E-state index is 0.103. The summed E-state index contributed by atoms with van der Waals surface area (Å²) in [5, 5.41) is 0. The van der Waals surface area contributed by atoms with Crippen LogP contribution >= 0.6 is 0 Å². The van der Waals surface area contributed by atoms with Gasteiger partial charge in [-0.3, -0.25) is 4.79 Å². The number of rotatable bonds is 1. The van der Waals surface area contributed by atoms with Gasteiger partial charge in [-0.2, -0.15) is 0 Å². The van der Waals surface area contributed by atoms with Crippen molar-refractivity contribution in [3.63, 3.8) is 0 Å². The lowest BCUT2D eigenvalue weighted by Crippen LogP contribution is -2.44. The molecule has 0 N–H and O–H groups in total. The van der Waals surface area contributed by atoms with Gasteiger partial charge in [0.25, 0.3) is 5.91 Å². The average molecular weight is 235 g/mol. The molecule has 1 aliphatic rings. The SMILES string of the molecule is CC.CC1CN(C(=O)c2ccccc2)CCO1. The van der Waals surface area contributed by atoms with Crippen molar-refractivity contribution in [1.29, 1.82) is 0 Å². The molecule has 3 nitrogen and oxygen atoms in total. The summed E-state index contributed by atoms with van der Waals surface area (Å²) in [6.07, 6.45) is 0.145. The molecule has 2 rings (SSSR count). The number of carbonyl (C=O) groups is 1. The highest BCUT2D eigenvalue weighted by Crippen LogP contribution is 2.09. The van der Waals surface area contributed by atoms with Gasteiger partial charge in [0.05, 0.1) is 12.7 Å². The molecule has 1 heterocycles. The van der Waals surface area contributed by atoms with Crippen LogP contribution in [-0.4, -0.2) is 36.6 Å². The van der Waals surface area contributed by atoms with E-state index in [2.05, 4.69) is 0 Å². The lowest BCUT2D eigenvalue weighted by Gasteiger charge is -2.31. The summed E-state index contributed by atoms with van der Waals surface area (Å²) in [5.41, 5.74) is 0.756. The second kappa shape index (κ2) is 7.07. The molecule has 17 heavy (non-hydrogen) atoms. The largest absolute Gasteiger partial charge is 0.375 e. The van der Waals surface area contributed by atoms with Gasteiger partial charge in [-0.1, -0.05) is 32.0 Å². The van der Waals surface area contributed by atoms with Crippen LogP contribution in [0.5, 0.6) is 0 Å². The Morgan fingerprint density at radius 1 is 1.29 bits per heavy atom. The van der Waals surface area contributed by atoms with Gasteiger partial charge >= 0.3 is 0 Å². The molecule has 1 aromatic carbocycles. The van der Waals surface area contributed by atoms with Crippen LogP contribution in [0.1, 0.15) is 31.1 Å². The third-order valence-electron chi connectivity index (χ3n) is 2.55. The maximum atomic E-state index is 12.0. The van der Waals surface area contributed by atoms with Crippen molar-refractivity contribution in [2.75, 3.05) is 19.7 Å². The number of ether oxygens (including phenoxy) is 1. The topological polar surface area (TPSA) is 29.5 Å². The Morgan fingerprint density at radius 2 is 1.94 bits per heavy atom. The van der Waals surface area contributed by atoms with Gasteiger partial charge in [0.15, 0.2) is 0 Å². The summed E-state index contributed by atoms with van der Waals surface area (Å²) < 4.78 is 5.40. The van der Waals surface area contributed by atoms with Gasteiger partial charge in [0.1, 0.15) is 0 Å². The third kappa shape index (κ3) is 3.86. The van der Waals surface area contributed by atoms with Crippen molar-refractivity contribution >= 4 is 5.91 Å². The molecule has 94 valence electrons. The van der Waals surface area contributed by atoms with Crippen LogP contribution < -0.4 is 0 Å². The number of morpholine rings is 1. The molecule has 1 aromatic rings. The zero-order chi connectivity index (χ0) is 12.7. The monoisotopic (exact) mass is 235 g/mol. The number of amides is 1. The molecule has 0 spiro atoms. The van der Waals surface area contributed by atoms with Crippen LogP contribution in [0.15, 0.2) is 30.3 Å². The molecule has 1 atom stereocenters. The summed E-state index contributed by atoms with van der Waals surface area (Å²) in [6.45, 7) is 8.01. The number of benzene rings is 1. The molecule has 0 bridgehead atoms. The summed E-state index contributed by atoms with van der Waals surface area (Å²) in [5.74, 6) is 0.103. The normalized spacial score (nSPS) is 19.2. The van der Waals surface area contributed by atoms with Gasteiger partial charge in [0, 0.05) is 18.7 Å². The van der Waals surface area contributed by atoms with Crippen molar-refractivity contribution in [3.8, 4) is 0 Å². The molecular formula is C14H21NO2. The molecular weight excluding hydrogens is 214 g/mol. The molecule has 1 amide bonds. The van der Waals surface area contributed by atoms with Crippen LogP contribution in [-0.2, 0) is 4.74 Å². The summed E-state index contributed by atoms with van der Waals surface area (Å²) in [6, 6.07) is 9.39. The number of hydrogen-bond acceptors (Lipinski definition) is 2. The average Bonchev–Trinajstić information content (AvgIpc) is 2.41. The van der Waals surface area contributed by atoms with Gasteiger partial charge < -0.3 is 9.64 Å². The van der Waals surface area contributed by atoms with Crippen LogP contribution in [0.25, 0.3) is 0 Å². The molecule has 0 aromatic heterocycles. The molecule has 3 heteroatoms. The van der Waals surface area contributed by atoms with E-state index in [1.807, 2.05) is 56.0 Å². The highest BCUT2D eigenvalue weighted by atomic mass is 16.5. The lowest BCUT2D eigenvalue weighted by atomic mass is 10.2. The number of carbonyl (C=O) groups excluding carboxylic acids is 1. The van der Waals surface area contributed by atoms with E-state index in [0.717, 1.165) is 5.56 Å². The first-order valence-corrected chi connectivity index (χ1v) is 6.23. The molecule has 1 saturated heterocycles. The van der Waals surface area contributed by atoms with Crippen molar-refractivity contribution < 1.29 is 9.53 Å². The second-order valence-corrected chi connectivity index (χ2v) is 3.80. The van der Waals surface area contributed by atoms with Crippen molar-refractivity contribution in [1.82, 2.24) is 4.90 Å². The lowest BCUT2D eigenvalue weighted by molar-refractivity contribution is -0.0124. The molecule has 1 aliphatic heterocycles. The predicted molar refractivity (Wildman–Crippen MR) is 69.1 cm³/mol. The fourth-order valence-electron chi connectivity index (χ4n) is 1.77. The van der Waals surface area contributed by atoms with E-state index in [9.17, 15) is 4.79 Å². The molecule has 0 radical (unpaired) electrons. The van der Waals surface area contributed by atoms with E-state index in [4.69, 9.17) is 4.74 Å². The smallest absolute Gasteiger partial charge is 0.254 e. The standard InChI is InChI=1S/C12H15NO2.C2H6/c1-10-9-13(7-8-15-10)12(14)11-5-3-2-4-6-11;1-2/h2-6,10H,7-9H2,1H3;1-2H3. The summed E-state index contributed by atoms with van der Waals surface area (Å²) in [7, 11) is 0. The third-order valence-corrected chi connectivity index (χ3v) is 2.55. The fourth-order valence-corrected chi connectivity index (χ4v) is 1.77. The highest BCUT2D eigenvalue weighted by Gasteiger charge is 2.21. The Hall–Kier alpha value is -1.35. The van der Waals surface area contributed by atoms with Gasteiger partial charge in [-0.05, 0) is 19.1 Å². The zero-order valence-corrected chi connectivity index (χ0v) is 10.8. The first-order chi connectivity index (χ1) is 8.27. The Bertz CT molecular complexity index is 337. The highest BCUT2D eigenvalue weighted by molar-refractivity contribution is 5.94. The van der Waals surface area contributed by atoms with Crippen molar-refractivity contribution in [2.24, 2.45) is 0 Å². The van der Waals surface area contributed by atoms with E-state index in [-0.39, 0.29) is 12.0 Å². The van der Waals surface area contributed by atoms with Crippen LogP contribution in [0.4, 0.5) is 0 Å². The fraction of sp³-hybridized carbons (Fsp3) is 0.500. The van der Waals surface area contributed by atoms with E-state index in [1.165, 1.54) is 0 Å². The Kier molecular flexibility index (Phi) is 5.70. The number of nitrogens with zero attached hydrogens (tertiary/aromatic N) is 1. The maximum Gasteiger partial charge on any atom is 0.254 e. The minimum Gasteiger partial charge on any atom is -0.375 e. The number of hydrogen-bond donors (Lipinski definition) is 0. The van der Waals surface area contributed by atoms with E-state index in [1.54, 1.807) is 0 Å². The van der Waals surface area contributed by atoms with Gasteiger partial charge in [0.2, 0.25) is 0 Å². The van der Waals surface area contributed by atoms with Gasteiger partial charge in [-0.25, -0.2) is 0 Å². The van der Waals surface area contributed by atoms with Gasteiger partial charge in [-0.15, -0.1) is 0 Å². The van der Waals surface area contributed by atoms with Crippen LogP contribution in [0.2, 0.25) is 0 Å². The van der Waals surface area contributed by atoms with Crippen molar-refractivity contribution in [2.45, 2.75) is 26.9 Å². The van der Waals surface area contributed by atoms with E-state index in [0.29, 0.717) is 19.7 Å². The zero-order valence-electron chi connectivity index (χ0n) is 10.8. The van der Waals surface area contributed by atoms with Crippen LogP contribution in [0.3, 0.4) is 0 Å². The quantitative estimate of drug-likeness (QED) is 0.748. The van der Waals surface area contributed by atoms with Crippen molar-refractivity contribution in [3.05, 3.63) is 35.9 Å². The summed E-state index contributed by atoms with van der Waals surface area (Å²) in [4.78, 5) is 13.9. The van der Waals surface area contributed by atoms with E-state index >= 15 is 0 Å². The predicted octanol–water partition coefficient (Wildman–Crippen LogP) is 2.57. The Labute approximate surface area is 103 Å². The summed E-state index contributed by atoms with van der Waals surface area (Å²) >= 11 is 0. The maximum absolute atomic E-state index is 12.0. The molecule has 1 fully saturated rings. The second-order valence-electron chi connectivity index (χ2n) is 3.80. The first-order valence-electron chi connectivity index (χ1n) is 6.23. The molecule has 0 aliphatic carbocycles. The molecule has 1 unspecified atom stereocenters. The first kappa shape index (κ1) is 13.7. The van der Waals surface area contributed by atoms with E-state index < -0.39 is 0 Å².